The molecule has 136 valence electrons. The van der Waals surface area contributed by atoms with Gasteiger partial charge in [0, 0.05) is 31.3 Å². The Bertz CT molecular complexity index is 807. The molecule has 0 saturated carbocycles. The third-order valence-corrected chi connectivity index (χ3v) is 3.75. The fourth-order valence-corrected chi connectivity index (χ4v) is 2.47. The molecule has 0 radical (unpaired) electrons. The lowest BCUT2D eigenvalue weighted by Crippen LogP contribution is -2.34. The van der Waals surface area contributed by atoms with Crippen LogP contribution in [-0.2, 0) is 6.54 Å². The van der Waals surface area contributed by atoms with E-state index >= 15 is 0 Å². The average molecular weight is 352 g/mol. The van der Waals surface area contributed by atoms with Crippen LogP contribution in [0.5, 0.6) is 0 Å². The molecule has 0 unspecified atom stereocenters. The van der Waals surface area contributed by atoms with Gasteiger partial charge in [0.1, 0.15) is 0 Å². The van der Waals surface area contributed by atoms with Gasteiger partial charge in [-0.25, -0.2) is 4.68 Å². The maximum Gasteiger partial charge on any atom is 0.266 e. The summed E-state index contributed by atoms with van der Waals surface area (Å²) in [5.41, 5.74) is 1.71. The van der Waals surface area contributed by atoms with Crippen LogP contribution in [0, 0.1) is 11.5 Å². The van der Waals surface area contributed by atoms with Crippen LogP contribution in [0.4, 0.5) is 0 Å². The van der Waals surface area contributed by atoms with Crippen LogP contribution < -0.4 is 16.2 Å². The van der Waals surface area contributed by atoms with Crippen LogP contribution in [0.15, 0.2) is 52.3 Å². The fraction of sp³-hybridized carbons (Fsp3) is 0.368. The minimum atomic E-state index is -0.0876. The van der Waals surface area contributed by atoms with Crippen molar-refractivity contribution in [2.75, 3.05) is 13.1 Å². The molecule has 7 nitrogen and oxygen atoms in total. The van der Waals surface area contributed by atoms with E-state index in [9.17, 15) is 4.79 Å². The van der Waals surface area contributed by atoms with Gasteiger partial charge in [-0.15, -0.1) is 0 Å². The second kappa shape index (κ2) is 10.7. The molecule has 0 fully saturated rings. The monoisotopic (exact) mass is 352 g/mol. The lowest BCUT2D eigenvalue weighted by molar-refractivity contribution is 0.525. The fourth-order valence-electron chi connectivity index (χ4n) is 2.47. The molecule has 0 aliphatic carbocycles. The first kappa shape index (κ1) is 19.2. The van der Waals surface area contributed by atoms with Crippen LogP contribution in [0.1, 0.15) is 26.2 Å². The van der Waals surface area contributed by atoms with E-state index in [4.69, 9.17) is 5.26 Å². The van der Waals surface area contributed by atoms with Crippen molar-refractivity contribution < 1.29 is 0 Å². The van der Waals surface area contributed by atoms with Gasteiger partial charge in [-0.3, -0.25) is 15.1 Å². The number of hydrogen-bond acceptors (Lipinski definition) is 4. The molecule has 1 aromatic heterocycles. The number of nitrogens with one attached hydrogen (secondary N) is 2. The normalized spacial score (nSPS) is 11.0. The number of unbranched alkanes of at least 4 members (excludes halogenated alkanes) is 2. The first-order valence-corrected chi connectivity index (χ1v) is 8.81. The van der Waals surface area contributed by atoms with Crippen molar-refractivity contribution in [3.05, 3.63) is 52.8 Å². The second-order valence-electron chi connectivity index (χ2n) is 5.70. The van der Waals surface area contributed by atoms with Gasteiger partial charge in [-0.1, -0.05) is 30.3 Å². The third kappa shape index (κ3) is 6.06. The summed E-state index contributed by atoms with van der Waals surface area (Å²) in [6, 6.07) is 13.1. The quantitative estimate of drug-likeness (QED) is 0.249. The van der Waals surface area contributed by atoms with Gasteiger partial charge in [0.15, 0.2) is 6.19 Å². The molecule has 1 heterocycles. The number of nitriles is 1. The number of benzene rings is 1. The molecule has 7 heteroatoms. The van der Waals surface area contributed by atoms with E-state index in [-0.39, 0.29) is 5.56 Å². The van der Waals surface area contributed by atoms with Crippen LogP contribution in [0.25, 0.3) is 11.3 Å². The van der Waals surface area contributed by atoms with Gasteiger partial charge in [0.05, 0.1) is 5.69 Å². The Labute approximate surface area is 153 Å². The molecule has 0 bridgehead atoms. The van der Waals surface area contributed by atoms with Crippen molar-refractivity contribution in [3.8, 4) is 17.5 Å². The summed E-state index contributed by atoms with van der Waals surface area (Å²) < 4.78 is 1.52. The Morgan fingerprint density at radius 2 is 2.00 bits per heavy atom. The Balaban J connectivity index is 1.84. The molecule has 0 aliphatic rings. The molecule has 2 aromatic rings. The van der Waals surface area contributed by atoms with Crippen LogP contribution in [0.2, 0.25) is 0 Å². The zero-order valence-corrected chi connectivity index (χ0v) is 15.0. The highest BCUT2D eigenvalue weighted by atomic mass is 16.1. The predicted molar refractivity (Wildman–Crippen MR) is 103 cm³/mol. The SMILES string of the molecule is CCNC(=NCCCCCn1nc(-c2ccccc2)ccc1=O)NC#N. The van der Waals surface area contributed by atoms with Crippen LogP contribution >= 0.6 is 0 Å². The molecular weight excluding hydrogens is 328 g/mol. The summed E-state index contributed by atoms with van der Waals surface area (Å²) in [7, 11) is 0. The lowest BCUT2D eigenvalue weighted by atomic mass is 10.1. The largest absolute Gasteiger partial charge is 0.356 e. The third-order valence-electron chi connectivity index (χ3n) is 3.75. The van der Waals surface area contributed by atoms with Gasteiger partial charge in [-0.2, -0.15) is 10.4 Å². The van der Waals surface area contributed by atoms with Crippen molar-refractivity contribution in [2.24, 2.45) is 4.99 Å². The van der Waals surface area contributed by atoms with Crippen LogP contribution in [-0.4, -0.2) is 28.8 Å². The Morgan fingerprint density at radius 1 is 1.19 bits per heavy atom. The molecular formula is C19H24N6O. The van der Waals surface area contributed by atoms with Crippen molar-refractivity contribution in [1.29, 1.82) is 5.26 Å². The van der Waals surface area contributed by atoms with Crippen molar-refractivity contribution in [1.82, 2.24) is 20.4 Å². The minimum Gasteiger partial charge on any atom is -0.356 e. The van der Waals surface area contributed by atoms with E-state index in [2.05, 4.69) is 20.7 Å². The van der Waals surface area contributed by atoms with Crippen molar-refractivity contribution in [2.45, 2.75) is 32.7 Å². The summed E-state index contributed by atoms with van der Waals surface area (Å²) in [5, 5.41) is 18.6. The predicted octanol–water partition coefficient (Wildman–Crippen LogP) is 2.12. The van der Waals surface area contributed by atoms with Gasteiger partial charge in [-0.05, 0) is 32.3 Å². The smallest absolute Gasteiger partial charge is 0.266 e. The standard InChI is InChI=1S/C19H24N6O/c1-2-21-19(23-15-20)22-13-7-4-8-14-25-18(26)12-11-17(24-25)16-9-5-3-6-10-16/h3,5-6,9-12H,2,4,7-8,13-14H2,1H3,(H2,21,22,23). The number of aromatic nitrogens is 2. The summed E-state index contributed by atoms with van der Waals surface area (Å²) in [6.07, 6.45) is 4.53. The van der Waals surface area contributed by atoms with E-state index in [0.717, 1.165) is 30.5 Å². The number of aryl methyl sites for hydroxylation is 1. The summed E-state index contributed by atoms with van der Waals surface area (Å²) >= 11 is 0. The number of hydrogen-bond donors (Lipinski definition) is 2. The lowest BCUT2D eigenvalue weighted by Gasteiger charge is -2.07. The Kier molecular flexibility index (Phi) is 7.87. The highest BCUT2D eigenvalue weighted by Gasteiger charge is 2.03. The molecule has 0 amide bonds. The maximum absolute atomic E-state index is 12.0. The van der Waals surface area contributed by atoms with E-state index in [1.54, 1.807) is 12.1 Å². The molecule has 2 rings (SSSR count). The highest BCUT2D eigenvalue weighted by molar-refractivity contribution is 5.81. The number of aliphatic imine (C=N–C) groups is 1. The van der Waals surface area contributed by atoms with Gasteiger partial charge in [0.2, 0.25) is 5.96 Å². The van der Waals surface area contributed by atoms with Crippen molar-refractivity contribution in [3.63, 3.8) is 0 Å². The van der Waals surface area contributed by atoms with Gasteiger partial charge < -0.3 is 5.32 Å². The van der Waals surface area contributed by atoms with Crippen molar-refractivity contribution >= 4 is 5.96 Å². The molecule has 2 N–H and O–H groups in total. The Hall–Kier alpha value is -3.14. The number of rotatable bonds is 8. The topological polar surface area (TPSA) is 95.1 Å². The molecule has 1 aromatic carbocycles. The summed E-state index contributed by atoms with van der Waals surface area (Å²) in [5.74, 6) is 0.503. The van der Waals surface area contributed by atoms with E-state index in [0.29, 0.717) is 25.6 Å². The van der Waals surface area contributed by atoms with E-state index in [1.807, 2.05) is 43.4 Å². The Morgan fingerprint density at radius 3 is 2.73 bits per heavy atom. The summed E-state index contributed by atoms with van der Waals surface area (Å²) in [6.45, 7) is 3.87. The maximum atomic E-state index is 12.0. The van der Waals surface area contributed by atoms with E-state index in [1.165, 1.54) is 4.68 Å². The van der Waals surface area contributed by atoms with Crippen LogP contribution in [0.3, 0.4) is 0 Å². The molecule has 0 spiro atoms. The van der Waals surface area contributed by atoms with Gasteiger partial charge >= 0.3 is 0 Å². The highest BCUT2D eigenvalue weighted by Crippen LogP contribution is 2.14. The zero-order valence-electron chi connectivity index (χ0n) is 15.0. The number of nitrogens with zero attached hydrogens (tertiary/aromatic N) is 4. The molecule has 26 heavy (non-hydrogen) atoms. The summed E-state index contributed by atoms with van der Waals surface area (Å²) in [4.78, 5) is 16.3. The second-order valence-corrected chi connectivity index (χ2v) is 5.70. The first-order valence-electron chi connectivity index (χ1n) is 8.81. The zero-order chi connectivity index (χ0) is 18.6. The van der Waals surface area contributed by atoms with Gasteiger partial charge in [0.25, 0.3) is 5.56 Å². The molecule has 0 atom stereocenters. The molecule has 0 saturated heterocycles. The minimum absolute atomic E-state index is 0.0876. The first-order chi connectivity index (χ1) is 12.7. The number of guanidine groups is 1. The average Bonchev–Trinajstić information content (AvgIpc) is 2.67. The molecule has 0 aliphatic heterocycles. The van der Waals surface area contributed by atoms with E-state index < -0.39 is 0 Å².